The van der Waals surface area contributed by atoms with E-state index in [1.807, 2.05) is 52.0 Å². The molecule has 0 fully saturated rings. The van der Waals surface area contributed by atoms with Crippen LogP contribution in [0.3, 0.4) is 0 Å². The van der Waals surface area contributed by atoms with Gasteiger partial charge in [0.25, 0.3) is 0 Å². The second kappa shape index (κ2) is 13.0. The van der Waals surface area contributed by atoms with E-state index in [1.165, 1.54) is 11.8 Å². The number of anilines is 1. The summed E-state index contributed by atoms with van der Waals surface area (Å²) in [6, 6.07) is 11.7. The number of carbonyl (C=O) groups excluding carboxylic acids is 2. The van der Waals surface area contributed by atoms with Gasteiger partial charge in [-0.25, -0.2) is 8.42 Å². The van der Waals surface area contributed by atoms with Crippen LogP contribution in [0.15, 0.2) is 42.5 Å². The minimum Gasteiger partial charge on any atom is -0.486 e. The van der Waals surface area contributed by atoms with Gasteiger partial charge in [-0.15, -0.1) is 0 Å². The van der Waals surface area contributed by atoms with Gasteiger partial charge in [-0.2, -0.15) is 0 Å². The molecule has 0 saturated heterocycles. The quantitative estimate of drug-likeness (QED) is 0.438. The molecular weight excluding hydrogens is 506 g/mol. The normalized spacial score (nSPS) is 13.6. The van der Waals surface area contributed by atoms with Gasteiger partial charge < -0.3 is 19.7 Å². The summed E-state index contributed by atoms with van der Waals surface area (Å²) in [5.41, 5.74) is 2.17. The van der Waals surface area contributed by atoms with Crippen LogP contribution in [-0.4, -0.2) is 63.2 Å². The molecule has 10 heteroatoms. The molecule has 0 saturated carbocycles. The molecule has 0 aliphatic carbocycles. The summed E-state index contributed by atoms with van der Waals surface area (Å²) in [6.45, 7) is 10.3. The Balaban J connectivity index is 1.98. The largest absolute Gasteiger partial charge is 0.486 e. The van der Waals surface area contributed by atoms with Crippen LogP contribution in [0.5, 0.6) is 11.5 Å². The maximum atomic E-state index is 13.9. The van der Waals surface area contributed by atoms with Gasteiger partial charge >= 0.3 is 0 Å². The maximum Gasteiger partial charge on any atom is 0.244 e. The van der Waals surface area contributed by atoms with Gasteiger partial charge in [-0.05, 0) is 49.4 Å². The molecule has 2 aromatic carbocycles. The molecule has 0 radical (unpaired) electrons. The van der Waals surface area contributed by atoms with E-state index < -0.39 is 28.5 Å². The van der Waals surface area contributed by atoms with Crippen molar-refractivity contribution in [2.45, 2.75) is 53.6 Å². The first kappa shape index (κ1) is 29.3. The molecular formula is C28H39N3O6S. The summed E-state index contributed by atoms with van der Waals surface area (Å²) in [5, 5.41) is 2.93. The fraction of sp³-hybridized carbons (Fsp3) is 0.500. The number of carbonyl (C=O) groups is 2. The van der Waals surface area contributed by atoms with Gasteiger partial charge in [0.2, 0.25) is 21.8 Å². The zero-order valence-corrected chi connectivity index (χ0v) is 23.7. The van der Waals surface area contributed by atoms with Gasteiger partial charge in [0.15, 0.2) is 11.5 Å². The van der Waals surface area contributed by atoms with Crippen molar-refractivity contribution in [3.05, 3.63) is 53.6 Å². The molecule has 208 valence electrons. The van der Waals surface area contributed by atoms with Crippen LogP contribution >= 0.6 is 0 Å². The highest BCUT2D eigenvalue weighted by atomic mass is 32.2. The highest BCUT2D eigenvalue weighted by Gasteiger charge is 2.33. The lowest BCUT2D eigenvalue weighted by Gasteiger charge is -2.33. The Labute approximate surface area is 226 Å². The van der Waals surface area contributed by atoms with Gasteiger partial charge in [0, 0.05) is 19.2 Å². The third kappa shape index (κ3) is 7.18. The van der Waals surface area contributed by atoms with E-state index in [4.69, 9.17) is 9.47 Å². The molecule has 1 atom stereocenters. The first-order valence-corrected chi connectivity index (χ1v) is 14.7. The summed E-state index contributed by atoms with van der Waals surface area (Å²) in [5.74, 6) is 0.276. The highest BCUT2D eigenvalue weighted by molar-refractivity contribution is 7.92. The smallest absolute Gasteiger partial charge is 0.244 e. The molecule has 1 aliphatic heterocycles. The van der Waals surface area contributed by atoms with E-state index in [0.29, 0.717) is 43.4 Å². The predicted molar refractivity (Wildman–Crippen MR) is 148 cm³/mol. The van der Waals surface area contributed by atoms with Gasteiger partial charge in [-0.1, -0.05) is 45.0 Å². The van der Waals surface area contributed by atoms with E-state index in [1.54, 1.807) is 18.2 Å². The van der Waals surface area contributed by atoms with Crippen LogP contribution in [0, 0.1) is 12.8 Å². The number of hydrogen-bond acceptors (Lipinski definition) is 6. The Morgan fingerprint density at radius 3 is 2.34 bits per heavy atom. The van der Waals surface area contributed by atoms with Crippen molar-refractivity contribution in [1.82, 2.24) is 10.2 Å². The fourth-order valence-electron chi connectivity index (χ4n) is 4.22. The Morgan fingerprint density at radius 2 is 1.71 bits per heavy atom. The number of fused-ring (bicyclic) bond motifs is 1. The van der Waals surface area contributed by atoms with Crippen molar-refractivity contribution in [2.75, 3.05) is 36.4 Å². The summed E-state index contributed by atoms with van der Waals surface area (Å²) in [4.78, 5) is 28.6. The van der Waals surface area contributed by atoms with E-state index in [-0.39, 0.29) is 24.1 Å². The SMILES string of the molecule is CC[C@H](C(=O)NCC(C)C)N(Cc1ccccc1C)C(=O)CN(c1ccc2c(c1)OCCO2)S(=O)(=O)CC. The summed E-state index contributed by atoms with van der Waals surface area (Å²) in [6.07, 6.45) is 0.381. The Bertz CT molecular complexity index is 1230. The lowest BCUT2D eigenvalue weighted by atomic mass is 10.1. The number of amides is 2. The van der Waals surface area contributed by atoms with Crippen molar-refractivity contribution in [2.24, 2.45) is 5.92 Å². The number of nitrogens with zero attached hydrogens (tertiary/aromatic N) is 2. The number of sulfonamides is 1. The molecule has 38 heavy (non-hydrogen) atoms. The lowest BCUT2D eigenvalue weighted by molar-refractivity contribution is -0.140. The molecule has 1 heterocycles. The van der Waals surface area contributed by atoms with Crippen molar-refractivity contribution in [3.8, 4) is 11.5 Å². The minimum absolute atomic E-state index is 0.181. The second-order valence-corrected chi connectivity index (χ2v) is 11.9. The number of benzene rings is 2. The molecule has 1 N–H and O–H groups in total. The summed E-state index contributed by atoms with van der Waals surface area (Å²) in [7, 11) is -3.83. The van der Waals surface area contributed by atoms with E-state index >= 15 is 0 Å². The van der Waals surface area contributed by atoms with Crippen LogP contribution in [-0.2, 0) is 26.2 Å². The monoisotopic (exact) mass is 545 g/mol. The standard InChI is InChI=1S/C28H39N3O6S/c1-6-24(28(33)29-17-20(3)4)30(18-22-11-9-8-10-21(22)5)27(32)19-31(38(34,35)7-2)23-12-13-25-26(16-23)37-15-14-36-25/h8-13,16,20,24H,6-7,14-15,17-19H2,1-5H3,(H,29,33)/t24-/m1/s1. The van der Waals surface area contributed by atoms with E-state index in [2.05, 4.69) is 5.32 Å². The number of aryl methyl sites for hydroxylation is 1. The van der Waals surface area contributed by atoms with Crippen molar-refractivity contribution >= 4 is 27.5 Å². The number of rotatable bonds is 12. The Hall–Kier alpha value is -3.27. The molecule has 0 aromatic heterocycles. The average Bonchev–Trinajstić information content (AvgIpc) is 2.90. The zero-order chi connectivity index (χ0) is 27.9. The number of hydrogen-bond donors (Lipinski definition) is 1. The van der Waals surface area contributed by atoms with Crippen molar-refractivity contribution in [1.29, 1.82) is 0 Å². The van der Waals surface area contributed by atoms with Crippen molar-refractivity contribution < 1.29 is 27.5 Å². The molecule has 3 rings (SSSR count). The second-order valence-electron chi connectivity index (χ2n) is 9.75. The molecule has 2 amide bonds. The molecule has 9 nitrogen and oxygen atoms in total. The number of ether oxygens (including phenoxy) is 2. The first-order chi connectivity index (χ1) is 18.1. The lowest BCUT2D eigenvalue weighted by Crippen LogP contribution is -2.52. The summed E-state index contributed by atoms with van der Waals surface area (Å²) < 4.78 is 38.7. The van der Waals surface area contributed by atoms with E-state index in [9.17, 15) is 18.0 Å². The van der Waals surface area contributed by atoms with Gasteiger partial charge in [-0.3, -0.25) is 13.9 Å². The average molecular weight is 546 g/mol. The maximum absolute atomic E-state index is 13.9. The topological polar surface area (TPSA) is 105 Å². The number of nitrogens with one attached hydrogen (secondary N) is 1. The third-order valence-corrected chi connectivity index (χ3v) is 8.21. The Kier molecular flexibility index (Phi) is 10.0. The first-order valence-electron chi connectivity index (χ1n) is 13.1. The molecule has 2 aromatic rings. The fourth-order valence-corrected chi connectivity index (χ4v) is 5.27. The molecule has 1 aliphatic rings. The summed E-state index contributed by atoms with van der Waals surface area (Å²) >= 11 is 0. The van der Waals surface area contributed by atoms with E-state index in [0.717, 1.165) is 15.4 Å². The van der Waals surface area contributed by atoms with Crippen molar-refractivity contribution in [3.63, 3.8) is 0 Å². The van der Waals surface area contributed by atoms with Crippen LogP contribution < -0.4 is 19.1 Å². The highest BCUT2D eigenvalue weighted by Crippen LogP contribution is 2.35. The molecule has 0 spiro atoms. The van der Waals surface area contributed by atoms with Crippen LogP contribution in [0.2, 0.25) is 0 Å². The van der Waals surface area contributed by atoms with Crippen LogP contribution in [0.1, 0.15) is 45.2 Å². The Morgan fingerprint density at radius 1 is 1.03 bits per heavy atom. The van der Waals surface area contributed by atoms with Crippen LogP contribution in [0.4, 0.5) is 5.69 Å². The predicted octanol–water partition coefficient (Wildman–Crippen LogP) is 3.50. The molecule has 0 unspecified atom stereocenters. The van der Waals surface area contributed by atoms with Gasteiger partial charge in [0.1, 0.15) is 25.8 Å². The van der Waals surface area contributed by atoms with Gasteiger partial charge in [0.05, 0.1) is 11.4 Å². The minimum atomic E-state index is -3.83. The third-order valence-electron chi connectivity index (χ3n) is 6.47. The van der Waals surface area contributed by atoms with Crippen LogP contribution in [0.25, 0.3) is 0 Å². The molecule has 0 bridgehead atoms. The zero-order valence-electron chi connectivity index (χ0n) is 22.9.